The van der Waals surface area contributed by atoms with E-state index in [0.29, 0.717) is 23.1 Å². The summed E-state index contributed by atoms with van der Waals surface area (Å²) in [4.78, 5) is 28.6. The number of rotatable bonds is 2. The second-order valence-electron chi connectivity index (χ2n) is 6.75. The zero-order chi connectivity index (χ0) is 20.1. The van der Waals surface area contributed by atoms with Crippen molar-refractivity contribution < 1.29 is 22.4 Å². The first-order valence-corrected chi connectivity index (χ1v) is 8.57. The Labute approximate surface area is 156 Å². The summed E-state index contributed by atoms with van der Waals surface area (Å²) in [6.45, 7) is -0.815. The smallest absolute Gasteiger partial charge is 0.334 e. The van der Waals surface area contributed by atoms with Gasteiger partial charge in [0.25, 0.3) is 5.91 Å². The Morgan fingerprint density at radius 1 is 1.11 bits per heavy atom. The molecular weight excluding hydrogens is 378 g/mol. The maximum atomic E-state index is 13.5. The lowest BCUT2D eigenvalue weighted by Gasteiger charge is -2.29. The monoisotopic (exact) mass is 393 g/mol. The van der Waals surface area contributed by atoms with Gasteiger partial charge in [0.05, 0.1) is 11.0 Å². The van der Waals surface area contributed by atoms with Crippen LogP contribution in [0.15, 0.2) is 41.2 Å². The van der Waals surface area contributed by atoms with Crippen molar-refractivity contribution in [3.63, 3.8) is 0 Å². The summed E-state index contributed by atoms with van der Waals surface area (Å²) >= 11 is 0. The van der Waals surface area contributed by atoms with Gasteiger partial charge in [0.15, 0.2) is 0 Å². The maximum Gasteiger partial charge on any atom is 0.406 e. The Morgan fingerprint density at radius 3 is 2.64 bits per heavy atom. The minimum atomic E-state index is -4.57. The molecule has 0 spiro atoms. The summed E-state index contributed by atoms with van der Waals surface area (Å²) in [7, 11) is 0. The lowest BCUT2D eigenvalue weighted by molar-refractivity contribution is -0.140. The highest BCUT2D eigenvalue weighted by atomic mass is 19.4. The van der Waals surface area contributed by atoms with Crippen LogP contribution in [0, 0.1) is 5.82 Å². The molecule has 4 rings (SSSR count). The molecule has 5 nitrogen and oxygen atoms in total. The van der Waals surface area contributed by atoms with Crippen molar-refractivity contribution in [3.8, 4) is 0 Å². The van der Waals surface area contributed by atoms with E-state index in [9.17, 15) is 27.2 Å². The quantitative estimate of drug-likeness (QED) is 0.680. The second-order valence-corrected chi connectivity index (χ2v) is 6.75. The Balaban J connectivity index is 1.66. The molecule has 2 heterocycles. The fourth-order valence-electron chi connectivity index (χ4n) is 3.50. The zero-order valence-corrected chi connectivity index (χ0v) is 14.5. The van der Waals surface area contributed by atoms with Crippen molar-refractivity contribution >= 4 is 16.9 Å². The molecule has 0 aliphatic carbocycles. The van der Waals surface area contributed by atoms with Gasteiger partial charge in [0.2, 0.25) is 0 Å². The first-order valence-electron chi connectivity index (χ1n) is 8.57. The lowest BCUT2D eigenvalue weighted by atomic mass is 9.99. The van der Waals surface area contributed by atoms with Crippen LogP contribution in [0.25, 0.3) is 11.0 Å². The van der Waals surface area contributed by atoms with Gasteiger partial charge >= 0.3 is 11.9 Å². The molecular formula is C19H15F4N3O2. The normalized spacial score (nSPS) is 14.4. The highest BCUT2D eigenvalue weighted by Crippen LogP contribution is 2.24. The van der Waals surface area contributed by atoms with Crippen LogP contribution in [-0.2, 0) is 19.5 Å². The van der Waals surface area contributed by atoms with Gasteiger partial charge in [0, 0.05) is 18.7 Å². The Bertz CT molecular complexity index is 1130. The summed E-state index contributed by atoms with van der Waals surface area (Å²) in [5, 5.41) is 0. The van der Waals surface area contributed by atoms with E-state index >= 15 is 0 Å². The molecule has 0 fully saturated rings. The van der Waals surface area contributed by atoms with Crippen LogP contribution in [0.4, 0.5) is 17.6 Å². The van der Waals surface area contributed by atoms with E-state index in [2.05, 4.69) is 4.98 Å². The number of hydrogen-bond acceptors (Lipinski definition) is 2. The highest BCUT2D eigenvalue weighted by molar-refractivity contribution is 5.97. The van der Waals surface area contributed by atoms with Gasteiger partial charge in [0.1, 0.15) is 12.4 Å². The first kappa shape index (κ1) is 18.3. The van der Waals surface area contributed by atoms with E-state index < -0.39 is 24.2 Å². The molecule has 0 radical (unpaired) electrons. The number of fused-ring (bicyclic) bond motifs is 2. The van der Waals surface area contributed by atoms with Crippen LogP contribution < -0.4 is 5.69 Å². The first-order chi connectivity index (χ1) is 13.2. The molecule has 9 heteroatoms. The van der Waals surface area contributed by atoms with Gasteiger partial charge < -0.3 is 9.88 Å². The average molecular weight is 393 g/mol. The van der Waals surface area contributed by atoms with Crippen LogP contribution in [0.3, 0.4) is 0 Å². The van der Waals surface area contributed by atoms with Crippen molar-refractivity contribution in [2.45, 2.75) is 25.7 Å². The standard InChI is InChI=1S/C19H15F4N3O2/c20-14-3-1-11-5-6-25(9-13(11)7-14)17(27)12-2-4-15-16(8-12)26(18(28)24-15)10-19(21,22)23/h1-4,7-8H,5-6,9-10H2,(H,24,28). The number of nitrogens with zero attached hydrogens (tertiary/aromatic N) is 2. The Kier molecular flexibility index (Phi) is 4.24. The number of amides is 1. The molecule has 0 saturated carbocycles. The number of benzene rings is 2. The van der Waals surface area contributed by atoms with E-state index in [4.69, 9.17) is 0 Å². The Hall–Kier alpha value is -3.10. The van der Waals surface area contributed by atoms with Crippen LogP contribution in [-0.4, -0.2) is 33.1 Å². The molecule has 1 amide bonds. The van der Waals surface area contributed by atoms with E-state index in [0.717, 1.165) is 5.56 Å². The highest BCUT2D eigenvalue weighted by Gasteiger charge is 2.30. The molecule has 1 aliphatic rings. The Morgan fingerprint density at radius 2 is 1.89 bits per heavy atom. The summed E-state index contributed by atoms with van der Waals surface area (Å²) in [6, 6.07) is 8.59. The maximum absolute atomic E-state index is 13.5. The van der Waals surface area contributed by atoms with Crippen LogP contribution >= 0.6 is 0 Å². The lowest BCUT2D eigenvalue weighted by Crippen LogP contribution is -2.36. The molecule has 1 aliphatic heterocycles. The number of carbonyl (C=O) groups is 1. The second kappa shape index (κ2) is 6.50. The predicted octanol–water partition coefficient (Wildman–Crippen LogP) is 3.23. The molecule has 1 N–H and O–H groups in total. The van der Waals surface area contributed by atoms with E-state index in [1.54, 1.807) is 6.07 Å². The number of carbonyl (C=O) groups excluding carboxylic acids is 1. The SMILES string of the molecule is O=C(c1ccc2[nH]c(=O)n(CC(F)(F)F)c2c1)N1CCc2ccc(F)cc2C1. The number of nitrogens with one attached hydrogen (secondary N) is 1. The molecule has 1 aromatic heterocycles. The topological polar surface area (TPSA) is 58.1 Å². The summed E-state index contributed by atoms with van der Waals surface area (Å²) in [5.41, 5.74) is 1.18. The summed E-state index contributed by atoms with van der Waals surface area (Å²) in [6.07, 6.45) is -4.01. The number of aromatic amines is 1. The third kappa shape index (κ3) is 3.39. The molecule has 2 aromatic carbocycles. The molecule has 0 unspecified atom stereocenters. The average Bonchev–Trinajstić information content (AvgIpc) is 2.93. The van der Waals surface area contributed by atoms with Gasteiger partial charge in [-0.2, -0.15) is 13.2 Å². The number of halogens is 4. The van der Waals surface area contributed by atoms with Gasteiger partial charge in [-0.05, 0) is 47.9 Å². The third-order valence-corrected chi connectivity index (χ3v) is 4.83. The van der Waals surface area contributed by atoms with Crippen LogP contribution in [0.1, 0.15) is 21.5 Å². The van der Waals surface area contributed by atoms with Gasteiger partial charge in [-0.3, -0.25) is 9.36 Å². The van der Waals surface area contributed by atoms with Crippen LogP contribution in [0.2, 0.25) is 0 Å². The molecule has 3 aromatic rings. The largest absolute Gasteiger partial charge is 0.406 e. The van der Waals surface area contributed by atoms with Gasteiger partial charge in [-0.25, -0.2) is 9.18 Å². The van der Waals surface area contributed by atoms with Crippen molar-refractivity contribution in [2.75, 3.05) is 6.54 Å². The number of imidazole rings is 1. The van der Waals surface area contributed by atoms with E-state index in [-0.39, 0.29) is 29.0 Å². The molecule has 0 bridgehead atoms. The fraction of sp³-hybridized carbons (Fsp3) is 0.263. The minimum Gasteiger partial charge on any atom is -0.334 e. The molecule has 0 atom stereocenters. The van der Waals surface area contributed by atoms with Crippen molar-refractivity contribution in [1.82, 2.24) is 14.5 Å². The van der Waals surface area contributed by atoms with Crippen LogP contribution in [0.5, 0.6) is 0 Å². The van der Waals surface area contributed by atoms with Crippen molar-refractivity contribution in [2.24, 2.45) is 0 Å². The third-order valence-electron chi connectivity index (χ3n) is 4.83. The number of hydrogen-bond donors (Lipinski definition) is 1. The predicted molar refractivity (Wildman–Crippen MR) is 93.5 cm³/mol. The molecule has 28 heavy (non-hydrogen) atoms. The van der Waals surface area contributed by atoms with Gasteiger partial charge in [-0.1, -0.05) is 6.07 Å². The zero-order valence-electron chi connectivity index (χ0n) is 14.5. The van der Waals surface area contributed by atoms with E-state index in [1.165, 1.54) is 35.2 Å². The minimum absolute atomic E-state index is 0.0108. The molecule has 0 saturated heterocycles. The van der Waals surface area contributed by atoms with Gasteiger partial charge in [-0.15, -0.1) is 0 Å². The number of aromatic nitrogens is 2. The number of alkyl halides is 3. The summed E-state index contributed by atoms with van der Waals surface area (Å²) in [5.74, 6) is -0.776. The van der Waals surface area contributed by atoms with Crippen molar-refractivity contribution in [1.29, 1.82) is 0 Å². The fourth-order valence-corrected chi connectivity index (χ4v) is 3.50. The van der Waals surface area contributed by atoms with E-state index in [1.807, 2.05) is 0 Å². The summed E-state index contributed by atoms with van der Waals surface area (Å²) < 4.78 is 52.3. The van der Waals surface area contributed by atoms with Crippen molar-refractivity contribution in [3.05, 3.63) is 69.4 Å². The molecule has 146 valence electrons. The number of H-pyrrole nitrogens is 1.